The zero-order valence-corrected chi connectivity index (χ0v) is 15.2. The van der Waals surface area contributed by atoms with Crippen LogP contribution in [0.15, 0.2) is 30.3 Å². The number of hydrogen-bond acceptors (Lipinski definition) is 3. The van der Waals surface area contributed by atoms with Crippen LogP contribution >= 0.6 is 0 Å². The number of nitrogens with zero attached hydrogens (tertiary/aromatic N) is 3. The molecule has 0 aromatic heterocycles. The van der Waals surface area contributed by atoms with Gasteiger partial charge in [-0.2, -0.15) is 0 Å². The van der Waals surface area contributed by atoms with E-state index in [0.717, 1.165) is 31.7 Å². The molecule has 2 bridgehead atoms. The lowest BCUT2D eigenvalue weighted by atomic mass is 9.95. The zero-order chi connectivity index (χ0) is 17.8. The van der Waals surface area contributed by atoms with Crippen LogP contribution in [0, 0.1) is 11.7 Å². The lowest BCUT2D eigenvalue weighted by Gasteiger charge is -2.35. The van der Waals surface area contributed by atoms with Gasteiger partial charge in [0.15, 0.2) is 0 Å². The van der Waals surface area contributed by atoms with E-state index >= 15 is 0 Å². The molecule has 4 rings (SSSR count). The van der Waals surface area contributed by atoms with Gasteiger partial charge in [0.05, 0.1) is 6.54 Å². The van der Waals surface area contributed by atoms with Crippen molar-refractivity contribution >= 4 is 12.0 Å². The summed E-state index contributed by atoms with van der Waals surface area (Å²) < 4.78 is 13.0. The van der Waals surface area contributed by atoms with Crippen LogP contribution in [0.5, 0.6) is 0 Å². The van der Waals surface area contributed by atoms with Crippen molar-refractivity contribution in [3.8, 4) is 0 Å². The molecule has 1 amide bonds. The number of rotatable bonds is 5. The Labute approximate surface area is 149 Å². The minimum absolute atomic E-state index is 0.184. The van der Waals surface area contributed by atoms with Crippen LogP contribution in [0.2, 0.25) is 0 Å². The summed E-state index contributed by atoms with van der Waals surface area (Å²) in [6, 6.07) is 7.11. The molecule has 3 saturated heterocycles. The number of halogens is 1. The molecular formula is C20H28FN3O. The van der Waals surface area contributed by atoms with Crippen LogP contribution < -0.4 is 0 Å². The molecule has 0 radical (unpaired) electrons. The van der Waals surface area contributed by atoms with Crippen molar-refractivity contribution < 1.29 is 9.18 Å². The molecule has 25 heavy (non-hydrogen) atoms. The Hall–Kier alpha value is -1.72. The van der Waals surface area contributed by atoms with Gasteiger partial charge in [-0.3, -0.25) is 14.6 Å². The molecule has 0 N–H and O–H groups in total. The van der Waals surface area contributed by atoms with Gasteiger partial charge in [0.2, 0.25) is 5.91 Å². The predicted octanol–water partition coefficient (Wildman–Crippen LogP) is 2.32. The number of benzene rings is 1. The quantitative estimate of drug-likeness (QED) is 0.819. The van der Waals surface area contributed by atoms with Gasteiger partial charge in [-0.1, -0.05) is 24.3 Å². The summed E-state index contributed by atoms with van der Waals surface area (Å²) in [5, 5.41) is 0. The van der Waals surface area contributed by atoms with Crippen molar-refractivity contribution in [1.29, 1.82) is 0 Å². The first-order chi connectivity index (χ1) is 12.0. The largest absolute Gasteiger partial charge is 0.348 e. The fourth-order valence-corrected chi connectivity index (χ4v) is 3.86. The number of likely N-dealkylation sites (N-methyl/N-ethyl adjacent to an activating group) is 1. The number of hydrogen-bond donors (Lipinski definition) is 0. The Kier molecular flexibility index (Phi) is 5.86. The zero-order valence-electron chi connectivity index (χ0n) is 15.2. The maximum atomic E-state index is 13.0. The monoisotopic (exact) mass is 345 g/mol. The number of amides is 1. The highest BCUT2D eigenvalue weighted by Gasteiger charge is 2.34. The Morgan fingerprint density at radius 1 is 1.20 bits per heavy atom. The summed E-state index contributed by atoms with van der Waals surface area (Å²) in [4.78, 5) is 18.6. The molecule has 136 valence electrons. The maximum Gasteiger partial charge on any atom is 0.236 e. The Morgan fingerprint density at radius 2 is 1.96 bits per heavy atom. The van der Waals surface area contributed by atoms with Gasteiger partial charge in [-0.15, -0.1) is 0 Å². The van der Waals surface area contributed by atoms with E-state index < -0.39 is 0 Å². The van der Waals surface area contributed by atoms with Crippen LogP contribution in [-0.2, 0) is 4.79 Å². The number of carbonyl (C=O) groups excluding carboxylic acids is 1. The predicted molar refractivity (Wildman–Crippen MR) is 98.7 cm³/mol. The Morgan fingerprint density at radius 3 is 2.68 bits per heavy atom. The van der Waals surface area contributed by atoms with Crippen molar-refractivity contribution in [3.05, 3.63) is 41.7 Å². The van der Waals surface area contributed by atoms with Gasteiger partial charge in [0.25, 0.3) is 0 Å². The molecule has 1 aromatic carbocycles. The maximum absolute atomic E-state index is 13.0. The number of fused-ring (bicyclic) bond motifs is 4. The SMILES string of the molecule is CN(C)C(=O)CN1C[C@@H]2CC[C@H](C1)N(CC=Cc1ccc(F)cc1)C2. The van der Waals surface area contributed by atoms with Crippen molar-refractivity contribution in [2.45, 2.75) is 18.9 Å². The lowest BCUT2D eigenvalue weighted by Crippen LogP contribution is -2.44. The van der Waals surface area contributed by atoms with Crippen molar-refractivity contribution in [2.75, 3.05) is 46.8 Å². The Balaban J connectivity index is 1.57. The van der Waals surface area contributed by atoms with E-state index in [1.807, 2.05) is 14.1 Å². The second-order valence-electron chi connectivity index (χ2n) is 7.49. The number of carbonyl (C=O) groups is 1. The fraction of sp³-hybridized carbons (Fsp3) is 0.550. The van der Waals surface area contributed by atoms with Gasteiger partial charge in [0.1, 0.15) is 5.82 Å². The molecule has 1 aromatic rings. The topological polar surface area (TPSA) is 26.8 Å². The van der Waals surface area contributed by atoms with E-state index in [-0.39, 0.29) is 11.7 Å². The molecule has 3 heterocycles. The Bertz CT molecular complexity index is 614. The van der Waals surface area contributed by atoms with Crippen LogP contribution in [0.1, 0.15) is 18.4 Å². The third-order valence-corrected chi connectivity index (χ3v) is 5.28. The van der Waals surface area contributed by atoms with E-state index in [9.17, 15) is 9.18 Å². The average molecular weight is 345 g/mol. The molecule has 0 aliphatic carbocycles. The smallest absolute Gasteiger partial charge is 0.236 e. The third-order valence-electron chi connectivity index (χ3n) is 5.28. The normalized spacial score (nSPS) is 24.6. The van der Waals surface area contributed by atoms with E-state index in [4.69, 9.17) is 0 Å². The molecule has 0 spiro atoms. The summed E-state index contributed by atoms with van der Waals surface area (Å²) in [6.07, 6.45) is 6.70. The standard InChI is InChI=1S/C20H28FN3O/c1-22(2)20(25)15-23-12-17-7-10-19(14-23)24(13-17)11-3-4-16-5-8-18(21)9-6-16/h3-6,8-9,17,19H,7,10-15H2,1-2H3/t17-,19+/m0/s1. The van der Waals surface area contributed by atoms with Gasteiger partial charge >= 0.3 is 0 Å². The molecule has 5 heteroatoms. The van der Waals surface area contributed by atoms with E-state index in [2.05, 4.69) is 22.0 Å². The average Bonchev–Trinajstić information content (AvgIpc) is 2.87. The highest BCUT2D eigenvalue weighted by atomic mass is 19.1. The van der Waals surface area contributed by atoms with Gasteiger partial charge in [-0.05, 0) is 36.5 Å². The lowest BCUT2D eigenvalue weighted by molar-refractivity contribution is -0.129. The molecule has 0 saturated carbocycles. The van der Waals surface area contributed by atoms with Gasteiger partial charge in [0, 0.05) is 46.3 Å². The highest BCUT2D eigenvalue weighted by Crippen LogP contribution is 2.27. The molecule has 2 atom stereocenters. The molecule has 0 unspecified atom stereocenters. The summed E-state index contributed by atoms with van der Waals surface area (Å²) in [5.41, 5.74) is 1.03. The van der Waals surface area contributed by atoms with Gasteiger partial charge in [-0.25, -0.2) is 4.39 Å². The first-order valence-electron chi connectivity index (χ1n) is 9.10. The number of piperidine rings is 1. The van der Waals surface area contributed by atoms with Crippen molar-refractivity contribution in [1.82, 2.24) is 14.7 Å². The van der Waals surface area contributed by atoms with E-state index in [1.54, 1.807) is 17.0 Å². The minimum atomic E-state index is -0.200. The van der Waals surface area contributed by atoms with Crippen LogP contribution in [-0.4, -0.2) is 73.5 Å². The van der Waals surface area contributed by atoms with Gasteiger partial charge < -0.3 is 4.90 Å². The molecule has 3 aliphatic heterocycles. The molecule has 4 nitrogen and oxygen atoms in total. The first kappa shape index (κ1) is 18.1. The van der Waals surface area contributed by atoms with Crippen molar-refractivity contribution in [2.24, 2.45) is 5.92 Å². The van der Waals surface area contributed by atoms with E-state index in [1.165, 1.54) is 25.0 Å². The summed E-state index contributed by atoms with van der Waals surface area (Å²) in [6.45, 7) is 4.53. The molecule has 3 aliphatic rings. The van der Waals surface area contributed by atoms with Crippen molar-refractivity contribution in [3.63, 3.8) is 0 Å². The van der Waals surface area contributed by atoms with E-state index in [0.29, 0.717) is 18.5 Å². The van der Waals surface area contributed by atoms with Crippen LogP contribution in [0.25, 0.3) is 6.08 Å². The highest BCUT2D eigenvalue weighted by molar-refractivity contribution is 5.77. The summed E-state index contributed by atoms with van der Waals surface area (Å²) in [7, 11) is 3.64. The molecule has 3 fully saturated rings. The molecular weight excluding hydrogens is 317 g/mol. The third kappa shape index (κ3) is 4.89. The second kappa shape index (κ2) is 8.11. The first-order valence-corrected chi connectivity index (χ1v) is 9.10. The van der Waals surface area contributed by atoms with Crippen LogP contribution in [0.3, 0.4) is 0 Å². The fourth-order valence-electron chi connectivity index (χ4n) is 3.86. The summed E-state index contributed by atoms with van der Waals surface area (Å²) >= 11 is 0. The summed E-state index contributed by atoms with van der Waals surface area (Å²) in [5.74, 6) is 0.631. The minimum Gasteiger partial charge on any atom is -0.348 e. The second-order valence-corrected chi connectivity index (χ2v) is 7.49. The van der Waals surface area contributed by atoms with Crippen LogP contribution in [0.4, 0.5) is 4.39 Å².